The number of allylic oxidation sites excluding steroid dienone is 1. The van der Waals surface area contributed by atoms with Crippen molar-refractivity contribution in [3.8, 4) is 17.2 Å². The fraction of sp³-hybridized carbons (Fsp3) is 0.318. The number of benzene rings is 2. The van der Waals surface area contributed by atoms with Crippen LogP contribution in [0.3, 0.4) is 0 Å². The molecule has 0 saturated heterocycles. The normalized spacial score (nSPS) is 11.4. The highest BCUT2D eigenvalue weighted by atomic mass is 16.5. The van der Waals surface area contributed by atoms with Crippen molar-refractivity contribution in [2.24, 2.45) is 0 Å². The Bertz CT molecular complexity index is 784. The van der Waals surface area contributed by atoms with Crippen molar-refractivity contribution in [2.75, 3.05) is 21.3 Å². The Morgan fingerprint density at radius 3 is 2.33 bits per heavy atom. The van der Waals surface area contributed by atoms with Crippen molar-refractivity contribution >= 4 is 5.91 Å². The molecular formula is C22H27NO4. The van der Waals surface area contributed by atoms with Crippen LogP contribution >= 0.6 is 0 Å². The van der Waals surface area contributed by atoms with Crippen molar-refractivity contribution in [1.82, 2.24) is 5.32 Å². The van der Waals surface area contributed by atoms with Gasteiger partial charge in [0.2, 0.25) is 0 Å². The molecule has 0 aliphatic rings. The minimum Gasteiger partial charge on any atom is -0.497 e. The molecule has 0 radical (unpaired) electrons. The molecule has 27 heavy (non-hydrogen) atoms. The Kier molecular flexibility index (Phi) is 7.29. The van der Waals surface area contributed by atoms with Crippen LogP contribution in [0.2, 0.25) is 0 Å². The van der Waals surface area contributed by atoms with Gasteiger partial charge in [-0.3, -0.25) is 4.79 Å². The maximum Gasteiger partial charge on any atom is 0.251 e. The second-order valence-electron chi connectivity index (χ2n) is 6.07. The van der Waals surface area contributed by atoms with E-state index in [0.717, 1.165) is 23.3 Å². The van der Waals surface area contributed by atoms with E-state index in [2.05, 4.69) is 11.9 Å². The van der Waals surface area contributed by atoms with Gasteiger partial charge in [-0.1, -0.05) is 25.1 Å². The van der Waals surface area contributed by atoms with Crippen molar-refractivity contribution < 1.29 is 19.0 Å². The van der Waals surface area contributed by atoms with Gasteiger partial charge in [0.15, 0.2) is 11.5 Å². The summed E-state index contributed by atoms with van der Waals surface area (Å²) in [4.78, 5) is 12.9. The molecule has 0 fully saturated rings. The fourth-order valence-corrected chi connectivity index (χ4v) is 2.98. The van der Waals surface area contributed by atoms with Crippen molar-refractivity contribution in [3.05, 3.63) is 65.7 Å². The minimum atomic E-state index is -0.163. The van der Waals surface area contributed by atoms with E-state index in [1.165, 1.54) is 0 Å². The molecular weight excluding hydrogens is 342 g/mol. The summed E-state index contributed by atoms with van der Waals surface area (Å²) in [5.41, 5.74) is 2.41. The third-order valence-electron chi connectivity index (χ3n) is 4.41. The van der Waals surface area contributed by atoms with Gasteiger partial charge in [0.05, 0.1) is 27.4 Å². The number of amides is 1. The lowest BCUT2D eigenvalue weighted by Crippen LogP contribution is -2.28. The van der Waals surface area contributed by atoms with Crippen LogP contribution in [0.5, 0.6) is 17.2 Å². The summed E-state index contributed by atoms with van der Waals surface area (Å²) in [6, 6.07) is 11.1. The molecule has 2 rings (SSSR count). The highest BCUT2D eigenvalue weighted by Gasteiger charge is 2.18. The number of ether oxygens (including phenoxy) is 3. The molecule has 1 unspecified atom stereocenters. The lowest BCUT2D eigenvalue weighted by atomic mass is 10.0. The summed E-state index contributed by atoms with van der Waals surface area (Å²) in [7, 11) is 4.77. The van der Waals surface area contributed by atoms with Crippen LogP contribution < -0.4 is 19.5 Å². The van der Waals surface area contributed by atoms with E-state index in [0.29, 0.717) is 23.5 Å². The van der Waals surface area contributed by atoms with Crippen LogP contribution in [0, 0.1) is 0 Å². The van der Waals surface area contributed by atoms with Crippen molar-refractivity contribution in [1.29, 1.82) is 0 Å². The van der Waals surface area contributed by atoms with Gasteiger partial charge in [-0.2, -0.15) is 0 Å². The molecule has 0 bridgehead atoms. The summed E-state index contributed by atoms with van der Waals surface area (Å²) in [6.45, 7) is 5.80. The first kappa shape index (κ1) is 20.4. The zero-order chi connectivity index (χ0) is 19.8. The first-order valence-corrected chi connectivity index (χ1v) is 8.88. The molecule has 0 aromatic heterocycles. The van der Waals surface area contributed by atoms with Crippen LogP contribution in [0.15, 0.2) is 49.1 Å². The van der Waals surface area contributed by atoms with E-state index in [1.54, 1.807) is 33.5 Å². The van der Waals surface area contributed by atoms with Crippen LogP contribution in [0.25, 0.3) is 0 Å². The predicted octanol–water partition coefficient (Wildman–Crippen LogP) is 4.32. The Morgan fingerprint density at radius 2 is 1.81 bits per heavy atom. The Labute approximate surface area is 161 Å². The summed E-state index contributed by atoms with van der Waals surface area (Å²) in [5, 5.41) is 3.09. The molecule has 1 amide bonds. The van der Waals surface area contributed by atoms with Crippen LogP contribution in [0.1, 0.15) is 40.9 Å². The Hall–Kier alpha value is -2.95. The average molecular weight is 369 g/mol. The van der Waals surface area contributed by atoms with Gasteiger partial charge < -0.3 is 19.5 Å². The highest BCUT2D eigenvalue weighted by Crippen LogP contribution is 2.33. The average Bonchev–Trinajstić information content (AvgIpc) is 2.71. The first-order valence-electron chi connectivity index (χ1n) is 8.88. The van der Waals surface area contributed by atoms with Crippen LogP contribution in [0.4, 0.5) is 0 Å². The van der Waals surface area contributed by atoms with E-state index in [4.69, 9.17) is 14.2 Å². The van der Waals surface area contributed by atoms with Crippen molar-refractivity contribution in [3.63, 3.8) is 0 Å². The number of carbonyl (C=O) groups excluding carboxylic acids is 1. The lowest BCUT2D eigenvalue weighted by molar-refractivity contribution is 0.0935. The zero-order valence-electron chi connectivity index (χ0n) is 16.4. The molecule has 0 heterocycles. The van der Waals surface area contributed by atoms with Gasteiger partial charge in [-0.15, -0.1) is 6.58 Å². The van der Waals surface area contributed by atoms with Gasteiger partial charge in [0.1, 0.15) is 5.75 Å². The minimum absolute atomic E-state index is 0.0978. The SMILES string of the molecule is C=CCc1cc(C(=O)NC(CC)c2ccc(OC)cc2)cc(OC)c1OC. The topological polar surface area (TPSA) is 56.8 Å². The number of hydrogen-bond donors (Lipinski definition) is 1. The van der Waals surface area contributed by atoms with Gasteiger partial charge in [0, 0.05) is 11.1 Å². The van der Waals surface area contributed by atoms with Crippen LogP contribution in [-0.4, -0.2) is 27.2 Å². The second kappa shape index (κ2) is 9.67. The van der Waals surface area contributed by atoms with E-state index in [9.17, 15) is 4.79 Å². The predicted molar refractivity (Wildman–Crippen MR) is 107 cm³/mol. The number of carbonyl (C=O) groups is 1. The van der Waals surface area contributed by atoms with E-state index < -0.39 is 0 Å². The molecule has 5 nitrogen and oxygen atoms in total. The molecule has 0 spiro atoms. The smallest absolute Gasteiger partial charge is 0.251 e. The van der Waals surface area contributed by atoms with Crippen molar-refractivity contribution in [2.45, 2.75) is 25.8 Å². The van der Waals surface area contributed by atoms with E-state index >= 15 is 0 Å². The Morgan fingerprint density at radius 1 is 1.11 bits per heavy atom. The largest absolute Gasteiger partial charge is 0.497 e. The lowest BCUT2D eigenvalue weighted by Gasteiger charge is -2.19. The summed E-state index contributed by atoms with van der Waals surface area (Å²) >= 11 is 0. The van der Waals surface area contributed by atoms with Gasteiger partial charge in [-0.25, -0.2) is 0 Å². The maximum absolute atomic E-state index is 12.9. The number of rotatable bonds is 9. The standard InChI is InChI=1S/C22H27NO4/c1-6-8-16-13-17(14-20(26-4)21(16)27-5)22(24)23-19(7-2)15-9-11-18(25-3)12-10-15/h6,9-14,19H,1,7-8H2,2-5H3,(H,23,24). The quantitative estimate of drug-likeness (QED) is 0.669. The second-order valence-corrected chi connectivity index (χ2v) is 6.07. The van der Waals surface area contributed by atoms with E-state index in [1.807, 2.05) is 37.3 Å². The molecule has 144 valence electrons. The maximum atomic E-state index is 12.9. The monoisotopic (exact) mass is 369 g/mol. The van der Waals surface area contributed by atoms with Crippen LogP contribution in [-0.2, 0) is 6.42 Å². The molecule has 2 aromatic carbocycles. The summed E-state index contributed by atoms with van der Waals surface area (Å²) in [6.07, 6.45) is 3.12. The highest BCUT2D eigenvalue weighted by molar-refractivity contribution is 5.95. The number of nitrogens with one attached hydrogen (secondary N) is 1. The van der Waals surface area contributed by atoms with E-state index in [-0.39, 0.29) is 11.9 Å². The molecule has 0 aliphatic carbocycles. The molecule has 5 heteroatoms. The van der Waals surface area contributed by atoms with Gasteiger partial charge in [-0.05, 0) is 42.7 Å². The molecule has 1 N–H and O–H groups in total. The summed E-state index contributed by atoms with van der Waals surface area (Å²) in [5.74, 6) is 1.77. The third-order valence-corrected chi connectivity index (χ3v) is 4.41. The van der Waals surface area contributed by atoms with Gasteiger partial charge in [0.25, 0.3) is 5.91 Å². The molecule has 1 atom stereocenters. The van der Waals surface area contributed by atoms with Gasteiger partial charge >= 0.3 is 0 Å². The molecule has 2 aromatic rings. The number of methoxy groups -OCH3 is 3. The third kappa shape index (κ3) is 4.82. The zero-order valence-corrected chi connectivity index (χ0v) is 16.4. The fourth-order valence-electron chi connectivity index (χ4n) is 2.98. The Balaban J connectivity index is 2.29. The molecule has 0 aliphatic heterocycles. The summed E-state index contributed by atoms with van der Waals surface area (Å²) < 4.78 is 16.0. The molecule has 0 saturated carbocycles. The first-order chi connectivity index (χ1) is 13.1. The number of hydrogen-bond acceptors (Lipinski definition) is 4.